The Labute approximate surface area is 110 Å². The number of hydrogen-bond acceptors (Lipinski definition) is 3. The number of rotatable bonds is 3. The van der Waals surface area contributed by atoms with Crippen LogP contribution in [0.4, 0.5) is 0 Å². The highest BCUT2D eigenvalue weighted by Gasteiger charge is 2.38. The molecule has 0 radical (unpaired) electrons. The third-order valence-corrected chi connectivity index (χ3v) is 4.50. The molecule has 0 aromatic carbocycles. The van der Waals surface area contributed by atoms with Crippen LogP contribution in [0.3, 0.4) is 0 Å². The molecule has 4 unspecified atom stereocenters. The van der Waals surface area contributed by atoms with Crippen LogP contribution in [0, 0.1) is 11.8 Å². The van der Waals surface area contributed by atoms with Crippen molar-refractivity contribution in [1.82, 2.24) is 4.90 Å². The Morgan fingerprint density at radius 3 is 2.89 bits per heavy atom. The summed E-state index contributed by atoms with van der Waals surface area (Å²) in [5.74, 6) is 0.882. The molecule has 1 aliphatic heterocycles. The van der Waals surface area contributed by atoms with Crippen LogP contribution in [0.1, 0.15) is 39.5 Å². The second-order valence-electron chi connectivity index (χ2n) is 5.73. The molecule has 2 N–H and O–H groups in total. The van der Waals surface area contributed by atoms with Gasteiger partial charge in [0.2, 0.25) is 5.91 Å². The van der Waals surface area contributed by atoms with Gasteiger partial charge < -0.3 is 15.4 Å². The first-order valence-corrected chi connectivity index (χ1v) is 7.29. The van der Waals surface area contributed by atoms with Gasteiger partial charge in [-0.3, -0.25) is 4.79 Å². The molecule has 1 saturated carbocycles. The van der Waals surface area contributed by atoms with Crippen molar-refractivity contribution < 1.29 is 9.53 Å². The van der Waals surface area contributed by atoms with Crippen molar-refractivity contribution in [2.75, 3.05) is 19.7 Å². The van der Waals surface area contributed by atoms with E-state index in [9.17, 15) is 4.79 Å². The monoisotopic (exact) mass is 254 g/mol. The largest absolute Gasteiger partial charge is 0.375 e. The molecule has 2 fully saturated rings. The lowest BCUT2D eigenvalue weighted by Crippen LogP contribution is -2.53. The molecular formula is C14H26N2O2. The van der Waals surface area contributed by atoms with Gasteiger partial charge in [0, 0.05) is 12.5 Å². The van der Waals surface area contributed by atoms with E-state index in [1.807, 2.05) is 6.92 Å². The van der Waals surface area contributed by atoms with Crippen LogP contribution in [-0.4, -0.2) is 42.6 Å². The lowest BCUT2D eigenvalue weighted by Gasteiger charge is -2.40. The summed E-state index contributed by atoms with van der Waals surface area (Å²) in [6.45, 7) is 6.24. The first-order valence-electron chi connectivity index (χ1n) is 7.29. The lowest BCUT2D eigenvalue weighted by molar-refractivity contribution is -0.149. The molecule has 0 bridgehead atoms. The summed E-state index contributed by atoms with van der Waals surface area (Å²) >= 11 is 0. The molecule has 1 aliphatic carbocycles. The zero-order valence-electron chi connectivity index (χ0n) is 11.6. The van der Waals surface area contributed by atoms with Gasteiger partial charge in [0.1, 0.15) is 0 Å². The van der Waals surface area contributed by atoms with Crippen LogP contribution in [0.5, 0.6) is 0 Å². The maximum atomic E-state index is 12.7. The van der Waals surface area contributed by atoms with E-state index in [4.69, 9.17) is 10.5 Å². The highest BCUT2D eigenvalue weighted by molar-refractivity contribution is 5.80. The predicted octanol–water partition coefficient (Wildman–Crippen LogP) is 1.39. The van der Waals surface area contributed by atoms with Gasteiger partial charge >= 0.3 is 0 Å². The molecule has 1 saturated heterocycles. The van der Waals surface area contributed by atoms with Crippen molar-refractivity contribution in [1.29, 1.82) is 0 Å². The van der Waals surface area contributed by atoms with Crippen molar-refractivity contribution >= 4 is 5.91 Å². The average molecular weight is 254 g/mol. The van der Waals surface area contributed by atoms with Crippen LogP contribution in [0.25, 0.3) is 0 Å². The van der Waals surface area contributed by atoms with E-state index >= 15 is 0 Å². The van der Waals surface area contributed by atoms with Gasteiger partial charge in [-0.1, -0.05) is 13.3 Å². The van der Waals surface area contributed by atoms with Crippen LogP contribution in [0.2, 0.25) is 0 Å². The van der Waals surface area contributed by atoms with Crippen LogP contribution in [0.15, 0.2) is 0 Å². The Hall–Kier alpha value is -0.610. The fourth-order valence-corrected chi connectivity index (χ4v) is 3.31. The van der Waals surface area contributed by atoms with E-state index in [-0.39, 0.29) is 18.1 Å². The van der Waals surface area contributed by atoms with Crippen molar-refractivity contribution in [3.63, 3.8) is 0 Å². The second-order valence-corrected chi connectivity index (χ2v) is 5.73. The molecule has 2 aliphatic rings. The van der Waals surface area contributed by atoms with Crippen molar-refractivity contribution in [3.8, 4) is 0 Å². The van der Waals surface area contributed by atoms with E-state index in [0.717, 1.165) is 32.2 Å². The average Bonchev–Trinajstić information content (AvgIpc) is 2.86. The summed E-state index contributed by atoms with van der Waals surface area (Å²) in [6.07, 6.45) is 4.41. The SMILES string of the molecule is CCC1COC(C)CN1C(=O)C1CCCC1CN. The molecule has 0 aromatic heterocycles. The number of amides is 1. The van der Waals surface area contributed by atoms with Crippen molar-refractivity contribution in [2.45, 2.75) is 51.7 Å². The van der Waals surface area contributed by atoms with E-state index in [1.54, 1.807) is 0 Å². The van der Waals surface area contributed by atoms with Gasteiger partial charge in [0.15, 0.2) is 0 Å². The van der Waals surface area contributed by atoms with E-state index in [0.29, 0.717) is 25.0 Å². The van der Waals surface area contributed by atoms with Gasteiger partial charge in [-0.2, -0.15) is 0 Å². The van der Waals surface area contributed by atoms with Crippen LogP contribution in [-0.2, 0) is 9.53 Å². The number of nitrogens with two attached hydrogens (primary N) is 1. The van der Waals surface area contributed by atoms with Crippen molar-refractivity contribution in [2.24, 2.45) is 17.6 Å². The highest BCUT2D eigenvalue weighted by atomic mass is 16.5. The summed E-state index contributed by atoms with van der Waals surface area (Å²) in [7, 11) is 0. The minimum Gasteiger partial charge on any atom is -0.375 e. The van der Waals surface area contributed by atoms with Gasteiger partial charge in [-0.25, -0.2) is 0 Å². The number of ether oxygens (including phenoxy) is 1. The number of morpholine rings is 1. The molecule has 0 spiro atoms. The Kier molecular flexibility index (Phi) is 4.62. The molecule has 0 aromatic rings. The number of nitrogens with zero attached hydrogens (tertiary/aromatic N) is 1. The maximum absolute atomic E-state index is 12.7. The quantitative estimate of drug-likeness (QED) is 0.828. The van der Waals surface area contributed by atoms with E-state index < -0.39 is 0 Å². The van der Waals surface area contributed by atoms with Crippen LogP contribution >= 0.6 is 0 Å². The van der Waals surface area contributed by atoms with E-state index in [2.05, 4.69) is 11.8 Å². The zero-order chi connectivity index (χ0) is 13.1. The second kappa shape index (κ2) is 6.02. The summed E-state index contributed by atoms with van der Waals surface area (Å²) in [5.41, 5.74) is 5.79. The first-order chi connectivity index (χ1) is 8.67. The fourth-order valence-electron chi connectivity index (χ4n) is 3.31. The fraction of sp³-hybridized carbons (Fsp3) is 0.929. The van der Waals surface area contributed by atoms with Gasteiger partial charge in [-0.15, -0.1) is 0 Å². The topological polar surface area (TPSA) is 55.6 Å². The normalized spacial score (nSPS) is 36.9. The smallest absolute Gasteiger partial charge is 0.226 e. The van der Waals surface area contributed by atoms with Crippen LogP contribution < -0.4 is 5.73 Å². The third kappa shape index (κ3) is 2.69. The predicted molar refractivity (Wildman–Crippen MR) is 71.1 cm³/mol. The van der Waals surface area contributed by atoms with Gasteiger partial charge in [0.25, 0.3) is 0 Å². The number of hydrogen-bond donors (Lipinski definition) is 1. The summed E-state index contributed by atoms with van der Waals surface area (Å²) in [6, 6.07) is 0.257. The molecule has 4 heteroatoms. The Bertz CT molecular complexity index is 296. The Morgan fingerprint density at radius 2 is 2.22 bits per heavy atom. The third-order valence-electron chi connectivity index (χ3n) is 4.50. The minimum absolute atomic E-state index is 0.161. The van der Waals surface area contributed by atoms with Gasteiger partial charge in [-0.05, 0) is 38.6 Å². The summed E-state index contributed by atoms with van der Waals surface area (Å²) in [4.78, 5) is 14.8. The Morgan fingerprint density at radius 1 is 1.44 bits per heavy atom. The molecule has 4 nitrogen and oxygen atoms in total. The minimum atomic E-state index is 0.161. The number of carbonyl (C=O) groups is 1. The summed E-state index contributed by atoms with van der Waals surface area (Å²) < 4.78 is 5.66. The molecule has 2 rings (SSSR count). The summed E-state index contributed by atoms with van der Waals surface area (Å²) in [5, 5.41) is 0. The molecule has 1 heterocycles. The number of carbonyl (C=O) groups excluding carboxylic acids is 1. The lowest BCUT2D eigenvalue weighted by atomic mass is 9.93. The first kappa shape index (κ1) is 13.8. The highest BCUT2D eigenvalue weighted by Crippen LogP contribution is 2.33. The molecule has 4 atom stereocenters. The zero-order valence-corrected chi connectivity index (χ0v) is 11.6. The Balaban J connectivity index is 2.05. The molecule has 104 valence electrons. The maximum Gasteiger partial charge on any atom is 0.226 e. The van der Waals surface area contributed by atoms with Crippen molar-refractivity contribution in [3.05, 3.63) is 0 Å². The standard InChI is InChI=1S/C14H26N2O2/c1-3-12-9-18-10(2)8-16(12)14(17)13-6-4-5-11(13)7-15/h10-13H,3-9,15H2,1-2H3. The molecule has 1 amide bonds. The van der Waals surface area contributed by atoms with Gasteiger partial charge in [0.05, 0.1) is 18.8 Å². The molecular weight excluding hydrogens is 228 g/mol. The van der Waals surface area contributed by atoms with E-state index in [1.165, 1.54) is 0 Å². The molecule has 18 heavy (non-hydrogen) atoms.